The number of rotatable bonds is 7. The summed E-state index contributed by atoms with van der Waals surface area (Å²) >= 11 is 0. The second kappa shape index (κ2) is 8.09. The van der Waals surface area contributed by atoms with Gasteiger partial charge < -0.3 is 10.1 Å². The largest absolute Gasteiger partial charge is 0.456 e. The third kappa shape index (κ3) is 5.22. The average molecular weight is 277 g/mol. The molecular formula is C15H19NO4. The molecule has 5 heteroatoms. The topological polar surface area (TPSA) is 72.5 Å². The second-order valence-electron chi connectivity index (χ2n) is 4.48. The maximum Gasteiger partial charge on any atom is 0.325 e. The van der Waals surface area contributed by atoms with Gasteiger partial charge in [-0.05, 0) is 6.42 Å². The van der Waals surface area contributed by atoms with Crippen molar-refractivity contribution in [3.8, 4) is 0 Å². The van der Waals surface area contributed by atoms with E-state index in [4.69, 9.17) is 4.74 Å². The molecule has 0 saturated heterocycles. The highest BCUT2D eigenvalue weighted by Gasteiger charge is 2.13. The van der Waals surface area contributed by atoms with Gasteiger partial charge in [-0.3, -0.25) is 14.4 Å². The molecule has 0 fully saturated rings. The predicted molar refractivity (Wildman–Crippen MR) is 74.2 cm³/mol. The molecule has 0 radical (unpaired) electrons. The summed E-state index contributed by atoms with van der Waals surface area (Å²) in [6, 6.07) is 8.58. The first-order valence-electron chi connectivity index (χ1n) is 6.56. The summed E-state index contributed by atoms with van der Waals surface area (Å²) in [6.45, 7) is 3.13. The van der Waals surface area contributed by atoms with Crippen molar-refractivity contribution in [3.63, 3.8) is 0 Å². The predicted octanol–water partition coefficient (Wildman–Crippen LogP) is 1.57. The number of ether oxygens (including phenoxy) is 1. The Labute approximate surface area is 118 Å². The normalized spacial score (nSPS) is 11.5. The van der Waals surface area contributed by atoms with E-state index >= 15 is 0 Å². The molecule has 0 saturated carbocycles. The van der Waals surface area contributed by atoms with Gasteiger partial charge in [0, 0.05) is 11.5 Å². The van der Waals surface area contributed by atoms with E-state index < -0.39 is 5.97 Å². The summed E-state index contributed by atoms with van der Waals surface area (Å²) in [5.41, 5.74) is 0.490. The minimum Gasteiger partial charge on any atom is -0.456 e. The van der Waals surface area contributed by atoms with Gasteiger partial charge in [0.2, 0.25) is 5.91 Å². The number of Topliss-reactive ketones (excluding diaryl/α,β-unsaturated/α-hetero) is 1. The molecule has 1 N–H and O–H groups in total. The van der Waals surface area contributed by atoms with Gasteiger partial charge in [-0.2, -0.15) is 0 Å². The highest BCUT2D eigenvalue weighted by atomic mass is 16.5. The lowest BCUT2D eigenvalue weighted by Gasteiger charge is -2.09. The van der Waals surface area contributed by atoms with Crippen molar-refractivity contribution in [1.29, 1.82) is 0 Å². The maximum atomic E-state index is 11.7. The molecule has 108 valence electrons. The van der Waals surface area contributed by atoms with Gasteiger partial charge in [0.05, 0.1) is 0 Å². The molecule has 5 nitrogen and oxygen atoms in total. The molecule has 1 rings (SSSR count). The maximum absolute atomic E-state index is 11.7. The van der Waals surface area contributed by atoms with Gasteiger partial charge in [0.25, 0.3) is 0 Å². The van der Waals surface area contributed by atoms with Crippen LogP contribution in [-0.2, 0) is 14.3 Å². The van der Waals surface area contributed by atoms with Crippen molar-refractivity contribution >= 4 is 17.7 Å². The molecule has 0 aliphatic rings. The van der Waals surface area contributed by atoms with Crippen molar-refractivity contribution in [3.05, 3.63) is 35.9 Å². The molecule has 0 heterocycles. The van der Waals surface area contributed by atoms with Crippen LogP contribution in [0.1, 0.15) is 30.6 Å². The molecule has 0 aromatic heterocycles. The Morgan fingerprint density at radius 2 is 1.85 bits per heavy atom. The Balaban J connectivity index is 2.30. The molecule has 0 aliphatic carbocycles. The van der Waals surface area contributed by atoms with Crippen LogP contribution in [0.15, 0.2) is 30.3 Å². The fraction of sp³-hybridized carbons (Fsp3) is 0.400. The molecule has 0 bridgehead atoms. The lowest BCUT2D eigenvalue weighted by Crippen LogP contribution is -2.34. The lowest BCUT2D eigenvalue weighted by atomic mass is 10.1. The fourth-order valence-corrected chi connectivity index (χ4v) is 1.42. The molecule has 0 spiro atoms. The first kappa shape index (κ1) is 15.9. The molecule has 1 aromatic rings. The first-order chi connectivity index (χ1) is 9.54. The van der Waals surface area contributed by atoms with Gasteiger partial charge in [0.1, 0.15) is 6.54 Å². The third-order valence-electron chi connectivity index (χ3n) is 2.93. The Kier molecular flexibility index (Phi) is 6.43. The van der Waals surface area contributed by atoms with Crippen LogP contribution < -0.4 is 5.32 Å². The minimum absolute atomic E-state index is 0.145. The van der Waals surface area contributed by atoms with Crippen LogP contribution in [0.25, 0.3) is 0 Å². The average Bonchev–Trinajstić information content (AvgIpc) is 2.50. The van der Waals surface area contributed by atoms with E-state index in [0.717, 1.165) is 0 Å². The smallest absolute Gasteiger partial charge is 0.325 e. The van der Waals surface area contributed by atoms with Crippen molar-refractivity contribution < 1.29 is 19.1 Å². The van der Waals surface area contributed by atoms with Gasteiger partial charge in [-0.25, -0.2) is 0 Å². The molecular weight excluding hydrogens is 258 g/mol. The van der Waals surface area contributed by atoms with E-state index in [-0.39, 0.29) is 30.8 Å². The Hall–Kier alpha value is -2.17. The summed E-state index contributed by atoms with van der Waals surface area (Å²) in [5, 5.41) is 2.47. The van der Waals surface area contributed by atoms with E-state index in [9.17, 15) is 14.4 Å². The van der Waals surface area contributed by atoms with Crippen LogP contribution in [0.5, 0.6) is 0 Å². The van der Waals surface area contributed by atoms with Crippen LogP contribution in [-0.4, -0.2) is 30.8 Å². The molecule has 0 unspecified atom stereocenters. The number of carbonyl (C=O) groups is 3. The van der Waals surface area contributed by atoms with Gasteiger partial charge in [0.15, 0.2) is 12.4 Å². The van der Waals surface area contributed by atoms with Crippen LogP contribution in [0.4, 0.5) is 0 Å². The first-order valence-corrected chi connectivity index (χ1v) is 6.56. The molecule has 1 atom stereocenters. The van der Waals surface area contributed by atoms with Crippen LogP contribution in [0.2, 0.25) is 0 Å². The zero-order valence-corrected chi connectivity index (χ0v) is 11.7. The molecule has 20 heavy (non-hydrogen) atoms. The summed E-state index contributed by atoms with van der Waals surface area (Å²) in [6.07, 6.45) is 0.702. The number of esters is 1. The number of nitrogens with one attached hydrogen (secondary N) is 1. The number of ketones is 1. The van der Waals surface area contributed by atoms with E-state index in [1.165, 1.54) is 0 Å². The van der Waals surface area contributed by atoms with E-state index in [1.54, 1.807) is 37.3 Å². The highest BCUT2D eigenvalue weighted by Crippen LogP contribution is 2.01. The number of benzene rings is 1. The summed E-state index contributed by atoms with van der Waals surface area (Å²) in [7, 11) is 0. The number of hydrogen-bond donors (Lipinski definition) is 1. The molecule has 0 aliphatic heterocycles. The lowest BCUT2D eigenvalue weighted by molar-refractivity contribution is -0.143. The van der Waals surface area contributed by atoms with Crippen molar-refractivity contribution in [2.45, 2.75) is 20.3 Å². The summed E-state index contributed by atoms with van der Waals surface area (Å²) in [5.74, 6) is -1.23. The second-order valence-corrected chi connectivity index (χ2v) is 4.48. The van der Waals surface area contributed by atoms with Crippen molar-refractivity contribution in [2.75, 3.05) is 13.2 Å². The minimum atomic E-state index is -0.620. The van der Waals surface area contributed by atoms with Crippen molar-refractivity contribution in [1.82, 2.24) is 5.32 Å². The fourth-order valence-electron chi connectivity index (χ4n) is 1.42. The van der Waals surface area contributed by atoms with Crippen molar-refractivity contribution in [2.24, 2.45) is 5.92 Å². The standard InChI is InChI=1S/C15H19NO4/c1-3-11(2)15(19)16-9-14(18)20-10-13(17)12-7-5-4-6-8-12/h4-8,11H,3,9-10H2,1-2H3,(H,16,19)/t11-/m0/s1. The summed E-state index contributed by atoms with van der Waals surface area (Å²) < 4.78 is 4.82. The molecule has 1 amide bonds. The quantitative estimate of drug-likeness (QED) is 0.606. The Morgan fingerprint density at radius 1 is 1.20 bits per heavy atom. The number of amides is 1. The summed E-state index contributed by atoms with van der Waals surface area (Å²) in [4.78, 5) is 34.5. The van der Waals surface area contributed by atoms with E-state index in [1.807, 2.05) is 6.92 Å². The zero-order valence-electron chi connectivity index (χ0n) is 11.7. The van der Waals surface area contributed by atoms with Gasteiger partial charge in [-0.1, -0.05) is 44.2 Å². The molecule has 1 aromatic carbocycles. The number of carbonyl (C=O) groups excluding carboxylic acids is 3. The van der Waals surface area contributed by atoms with Crippen LogP contribution in [0.3, 0.4) is 0 Å². The highest BCUT2D eigenvalue weighted by molar-refractivity contribution is 5.98. The third-order valence-corrected chi connectivity index (χ3v) is 2.93. The van der Waals surface area contributed by atoms with Gasteiger partial charge >= 0.3 is 5.97 Å². The Bertz CT molecular complexity index is 470. The monoisotopic (exact) mass is 277 g/mol. The SMILES string of the molecule is CC[C@H](C)C(=O)NCC(=O)OCC(=O)c1ccccc1. The zero-order chi connectivity index (χ0) is 15.0. The Morgan fingerprint density at radius 3 is 2.45 bits per heavy atom. The van der Waals surface area contributed by atoms with Crippen LogP contribution in [0, 0.1) is 5.92 Å². The van der Waals surface area contributed by atoms with E-state index in [0.29, 0.717) is 12.0 Å². The van der Waals surface area contributed by atoms with E-state index in [2.05, 4.69) is 5.32 Å². The van der Waals surface area contributed by atoms with Crippen LogP contribution >= 0.6 is 0 Å². The number of hydrogen-bond acceptors (Lipinski definition) is 4. The van der Waals surface area contributed by atoms with Gasteiger partial charge in [-0.15, -0.1) is 0 Å².